The molecule has 0 saturated carbocycles. The van der Waals surface area contributed by atoms with Crippen LogP contribution in [0.25, 0.3) is 5.69 Å². The summed E-state index contributed by atoms with van der Waals surface area (Å²) in [6.07, 6.45) is 3.87. The van der Waals surface area contributed by atoms with Crippen LogP contribution in [0.1, 0.15) is 11.4 Å². The molecule has 0 aliphatic carbocycles. The molecule has 0 atom stereocenters. The van der Waals surface area contributed by atoms with Gasteiger partial charge in [-0.1, -0.05) is 6.07 Å². The summed E-state index contributed by atoms with van der Waals surface area (Å²) in [5, 5.41) is 0. The van der Waals surface area contributed by atoms with Crippen molar-refractivity contribution in [1.29, 1.82) is 0 Å². The maximum absolute atomic E-state index is 4.28. The third-order valence-corrected chi connectivity index (χ3v) is 2.30. The van der Waals surface area contributed by atoms with E-state index < -0.39 is 0 Å². The Morgan fingerprint density at radius 2 is 1.93 bits per heavy atom. The molecule has 0 amide bonds. The molecule has 2 heteroatoms. The van der Waals surface area contributed by atoms with Gasteiger partial charge in [-0.2, -0.15) is 4.57 Å². The van der Waals surface area contributed by atoms with Crippen LogP contribution < -0.4 is 4.57 Å². The minimum absolute atomic E-state index is 1.05. The monoisotopic (exact) mass is 185 g/mol. The van der Waals surface area contributed by atoms with Crippen LogP contribution in [0.15, 0.2) is 42.7 Å². The highest BCUT2D eigenvalue weighted by Gasteiger charge is 2.11. The highest BCUT2D eigenvalue weighted by molar-refractivity contribution is 5.26. The Hall–Kier alpha value is -1.70. The van der Waals surface area contributed by atoms with Gasteiger partial charge in [0.15, 0.2) is 11.9 Å². The van der Waals surface area contributed by atoms with Gasteiger partial charge in [0.25, 0.3) is 0 Å². The average molecular weight is 185 g/mol. The molecule has 0 radical (unpaired) electrons. The number of aromatic nitrogens is 2. The van der Waals surface area contributed by atoms with E-state index in [1.165, 1.54) is 5.69 Å². The molecule has 0 bridgehead atoms. The molecule has 0 aliphatic heterocycles. The Bertz CT molecular complexity index is 406. The Kier molecular flexibility index (Phi) is 2.27. The van der Waals surface area contributed by atoms with E-state index in [-0.39, 0.29) is 0 Å². The van der Waals surface area contributed by atoms with Gasteiger partial charge in [-0.25, -0.2) is 0 Å². The third kappa shape index (κ3) is 1.51. The van der Waals surface area contributed by atoms with E-state index in [1.54, 1.807) is 0 Å². The molecule has 0 N–H and O–H groups in total. The van der Waals surface area contributed by atoms with Crippen molar-refractivity contribution in [3.8, 4) is 5.69 Å². The summed E-state index contributed by atoms with van der Waals surface area (Å²) >= 11 is 0. The molecule has 2 aromatic rings. The number of rotatable bonds is 1. The maximum Gasteiger partial charge on any atom is 0.232 e. The predicted octanol–water partition coefficient (Wildman–Crippen LogP) is 1.98. The molecule has 70 valence electrons. The highest BCUT2D eigenvalue weighted by Crippen LogP contribution is 2.04. The number of hydrogen-bond acceptors (Lipinski definition) is 1. The van der Waals surface area contributed by atoms with Crippen LogP contribution >= 0.6 is 0 Å². The summed E-state index contributed by atoms with van der Waals surface area (Å²) in [6, 6.07) is 10.2. The van der Waals surface area contributed by atoms with Gasteiger partial charge < -0.3 is 0 Å². The molecular weight excluding hydrogens is 172 g/mol. The van der Waals surface area contributed by atoms with Crippen LogP contribution in [0.4, 0.5) is 0 Å². The van der Waals surface area contributed by atoms with Gasteiger partial charge in [-0.3, -0.25) is 4.98 Å². The van der Waals surface area contributed by atoms with Crippen molar-refractivity contribution < 1.29 is 4.57 Å². The molecule has 2 aromatic heterocycles. The minimum Gasteiger partial charge on any atom is -0.255 e. The van der Waals surface area contributed by atoms with Crippen LogP contribution in [-0.4, -0.2) is 4.98 Å². The molecular formula is C12H13N2+. The lowest BCUT2D eigenvalue weighted by Crippen LogP contribution is -2.34. The molecule has 0 saturated heterocycles. The molecule has 0 aliphatic rings. The van der Waals surface area contributed by atoms with E-state index in [4.69, 9.17) is 0 Å². The van der Waals surface area contributed by atoms with Gasteiger partial charge in [0.05, 0.1) is 0 Å². The topological polar surface area (TPSA) is 16.8 Å². The number of nitrogens with zero attached hydrogens (tertiary/aromatic N) is 2. The summed E-state index contributed by atoms with van der Waals surface area (Å²) in [7, 11) is 0. The van der Waals surface area contributed by atoms with Crippen molar-refractivity contribution in [2.45, 2.75) is 13.8 Å². The zero-order valence-electron chi connectivity index (χ0n) is 8.44. The van der Waals surface area contributed by atoms with Crippen molar-refractivity contribution in [3.63, 3.8) is 0 Å². The second kappa shape index (κ2) is 3.58. The van der Waals surface area contributed by atoms with E-state index in [1.807, 2.05) is 31.3 Å². The smallest absolute Gasteiger partial charge is 0.232 e. The Labute approximate surface area is 83.9 Å². The van der Waals surface area contributed by atoms with Crippen molar-refractivity contribution >= 4 is 0 Å². The van der Waals surface area contributed by atoms with E-state index in [9.17, 15) is 0 Å². The molecule has 2 heterocycles. The largest absolute Gasteiger partial charge is 0.255 e. The van der Waals surface area contributed by atoms with Crippen molar-refractivity contribution in [3.05, 3.63) is 54.1 Å². The van der Waals surface area contributed by atoms with Gasteiger partial charge in [-0.15, -0.1) is 0 Å². The van der Waals surface area contributed by atoms with Gasteiger partial charge in [-0.05, 0) is 13.0 Å². The minimum atomic E-state index is 1.05. The van der Waals surface area contributed by atoms with Crippen LogP contribution in [0, 0.1) is 13.8 Å². The van der Waals surface area contributed by atoms with Crippen LogP contribution in [0.2, 0.25) is 0 Å². The van der Waals surface area contributed by atoms with Crippen LogP contribution in [0.5, 0.6) is 0 Å². The summed E-state index contributed by atoms with van der Waals surface area (Å²) < 4.78 is 2.14. The van der Waals surface area contributed by atoms with Crippen molar-refractivity contribution in [1.82, 2.24) is 4.98 Å². The molecule has 2 nitrogen and oxygen atoms in total. The zero-order valence-corrected chi connectivity index (χ0v) is 8.44. The van der Waals surface area contributed by atoms with Crippen molar-refractivity contribution in [2.24, 2.45) is 0 Å². The summed E-state index contributed by atoms with van der Waals surface area (Å²) in [4.78, 5) is 4.28. The first-order valence-corrected chi connectivity index (χ1v) is 4.68. The number of aryl methyl sites for hydroxylation is 2. The van der Waals surface area contributed by atoms with E-state index in [0.29, 0.717) is 0 Å². The van der Waals surface area contributed by atoms with E-state index in [0.717, 1.165) is 11.4 Å². The maximum atomic E-state index is 4.28. The van der Waals surface area contributed by atoms with E-state index in [2.05, 4.69) is 34.8 Å². The lowest BCUT2D eigenvalue weighted by molar-refractivity contribution is -0.603. The standard InChI is InChI=1S/C12H13N2/c1-10-6-3-4-9-14(10)12-7-5-8-13-11(12)2/h3-9H,1-2H3/q+1. The number of pyridine rings is 2. The zero-order chi connectivity index (χ0) is 9.97. The molecule has 14 heavy (non-hydrogen) atoms. The Balaban J connectivity index is 2.61. The summed E-state index contributed by atoms with van der Waals surface area (Å²) in [6.45, 7) is 4.11. The molecule has 0 unspecified atom stereocenters. The van der Waals surface area contributed by atoms with Gasteiger partial charge in [0.1, 0.15) is 5.69 Å². The second-order valence-corrected chi connectivity index (χ2v) is 3.32. The Morgan fingerprint density at radius 1 is 1.07 bits per heavy atom. The van der Waals surface area contributed by atoms with Gasteiger partial charge >= 0.3 is 0 Å². The fourth-order valence-electron chi connectivity index (χ4n) is 1.53. The molecule has 0 fully saturated rings. The normalized spacial score (nSPS) is 10.1. The SMILES string of the molecule is Cc1ncccc1-[n+]1ccccc1C. The molecule has 2 rings (SSSR count). The average Bonchev–Trinajstić information content (AvgIpc) is 2.20. The lowest BCUT2D eigenvalue weighted by atomic mass is 10.2. The second-order valence-electron chi connectivity index (χ2n) is 3.32. The predicted molar refractivity (Wildman–Crippen MR) is 55.2 cm³/mol. The van der Waals surface area contributed by atoms with Crippen LogP contribution in [0.3, 0.4) is 0 Å². The van der Waals surface area contributed by atoms with Crippen LogP contribution in [-0.2, 0) is 0 Å². The van der Waals surface area contributed by atoms with Crippen molar-refractivity contribution in [2.75, 3.05) is 0 Å². The first kappa shape index (κ1) is 8.88. The number of hydrogen-bond donors (Lipinski definition) is 0. The quantitative estimate of drug-likeness (QED) is 0.621. The molecule has 0 aromatic carbocycles. The molecule has 0 spiro atoms. The van der Waals surface area contributed by atoms with Gasteiger partial charge in [0, 0.05) is 31.3 Å². The third-order valence-electron chi connectivity index (χ3n) is 2.30. The van der Waals surface area contributed by atoms with E-state index >= 15 is 0 Å². The highest BCUT2D eigenvalue weighted by atomic mass is 15.0. The lowest BCUT2D eigenvalue weighted by Gasteiger charge is -2.00. The first-order chi connectivity index (χ1) is 6.79. The van der Waals surface area contributed by atoms with Gasteiger partial charge in [0.2, 0.25) is 5.69 Å². The summed E-state index contributed by atoms with van der Waals surface area (Å²) in [5.41, 5.74) is 3.40. The fraction of sp³-hybridized carbons (Fsp3) is 0.167. The fourth-order valence-corrected chi connectivity index (χ4v) is 1.53. The Morgan fingerprint density at radius 3 is 2.64 bits per heavy atom. The first-order valence-electron chi connectivity index (χ1n) is 4.68. The summed E-state index contributed by atoms with van der Waals surface area (Å²) in [5.74, 6) is 0.